The molecule has 2 heteroatoms. The zero-order chi connectivity index (χ0) is 27.2. The predicted octanol–water partition coefficient (Wildman–Crippen LogP) is 9.77. The molecule has 7 aromatic rings. The largest absolute Gasteiger partial charge is 0.381 e. The zero-order valence-corrected chi connectivity index (χ0v) is 22.6. The molecule has 1 N–H and O–H groups in total. The number of para-hydroxylation sites is 1. The first-order valence-electron chi connectivity index (χ1n) is 14.2. The first kappa shape index (κ1) is 23.5. The highest BCUT2D eigenvalue weighted by molar-refractivity contribution is 6.19. The topological polar surface area (TPSA) is 17.0 Å². The third-order valence-electron chi connectivity index (χ3n) is 8.16. The number of fused-ring (bicyclic) bond motifs is 5. The van der Waals surface area contributed by atoms with E-state index in [1.807, 2.05) is 0 Å². The molecular formula is C39H28N2. The minimum Gasteiger partial charge on any atom is -0.381 e. The number of hydrogen-bond donors (Lipinski definition) is 1. The van der Waals surface area contributed by atoms with E-state index in [4.69, 9.17) is 0 Å². The summed E-state index contributed by atoms with van der Waals surface area (Å²) < 4.78 is 2.46. The summed E-state index contributed by atoms with van der Waals surface area (Å²) in [6.07, 6.45) is 6.42. The summed E-state index contributed by atoms with van der Waals surface area (Å²) in [7, 11) is 0. The van der Waals surface area contributed by atoms with E-state index in [-0.39, 0.29) is 0 Å². The molecule has 1 aliphatic rings. The van der Waals surface area contributed by atoms with Crippen LogP contribution in [0, 0.1) is 0 Å². The van der Waals surface area contributed by atoms with E-state index in [0.29, 0.717) is 0 Å². The van der Waals surface area contributed by atoms with Crippen molar-refractivity contribution in [1.29, 1.82) is 0 Å². The second kappa shape index (κ2) is 9.69. The fraction of sp³-hybridized carbons (Fsp3) is 0.0256. The lowest BCUT2D eigenvalue weighted by atomic mass is 9.97. The minimum absolute atomic E-state index is 0.860. The van der Waals surface area contributed by atoms with Crippen molar-refractivity contribution in [2.45, 2.75) is 0 Å². The van der Waals surface area contributed by atoms with Gasteiger partial charge in [0.25, 0.3) is 0 Å². The quantitative estimate of drug-likeness (QED) is 0.242. The molecule has 6 aromatic carbocycles. The van der Waals surface area contributed by atoms with Crippen molar-refractivity contribution in [3.8, 4) is 27.9 Å². The van der Waals surface area contributed by atoms with Gasteiger partial charge in [0.15, 0.2) is 0 Å². The van der Waals surface area contributed by atoms with E-state index in [1.165, 1.54) is 60.4 Å². The number of hydrogen-bond acceptors (Lipinski definition) is 1. The summed E-state index contributed by atoms with van der Waals surface area (Å²) in [6.45, 7) is 0.860. The second-order valence-electron chi connectivity index (χ2n) is 10.6. The standard InChI is InChI=1S/C39H28N2/c1-3-11-27(12-4-1)31-24-32(28-13-5-2-6-14-28)26-33(25-31)41-38-17-8-7-15-35(38)36-21-18-29-23-30(19-20-34(29)39(36)41)37-16-9-10-22-40-37/h1-21,23-26,40H,22H2. The summed E-state index contributed by atoms with van der Waals surface area (Å²) >= 11 is 0. The molecule has 0 unspecified atom stereocenters. The first-order valence-corrected chi connectivity index (χ1v) is 14.2. The van der Waals surface area contributed by atoms with Crippen LogP contribution in [0.5, 0.6) is 0 Å². The van der Waals surface area contributed by atoms with E-state index >= 15 is 0 Å². The monoisotopic (exact) mass is 524 g/mol. The van der Waals surface area contributed by atoms with Gasteiger partial charge in [0.05, 0.1) is 11.0 Å². The van der Waals surface area contributed by atoms with Crippen LogP contribution in [-0.4, -0.2) is 11.1 Å². The lowest BCUT2D eigenvalue weighted by Crippen LogP contribution is -2.14. The Bertz CT molecular complexity index is 2070. The molecule has 0 fully saturated rings. The molecule has 8 rings (SSSR count). The Morgan fingerprint density at radius 2 is 1.20 bits per heavy atom. The Morgan fingerprint density at radius 1 is 0.512 bits per heavy atom. The Hall–Kier alpha value is -5.34. The number of allylic oxidation sites excluding steroid dienone is 2. The van der Waals surface area contributed by atoms with Crippen LogP contribution in [0.2, 0.25) is 0 Å². The van der Waals surface area contributed by atoms with Crippen LogP contribution in [0.4, 0.5) is 0 Å². The Morgan fingerprint density at radius 3 is 1.90 bits per heavy atom. The molecule has 0 saturated heterocycles. The van der Waals surface area contributed by atoms with E-state index < -0.39 is 0 Å². The van der Waals surface area contributed by atoms with Crippen LogP contribution in [0.3, 0.4) is 0 Å². The van der Waals surface area contributed by atoms with Crippen molar-refractivity contribution in [1.82, 2.24) is 9.88 Å². The number of dihydropyridines is 1. The highest BCUT2D eigenvalue weighted by Gasteiger charge is 2.17. The van der Waals surface area contributed by atoms with Gasteiger partial charge < -0.3 is 9.88 Å². The summed E-state index contributed by atoms with van der Waals surface area (Å²) in [5, 5.41) is 8.53. The lowest BCUT2D eigenvalue weighted by Gasteiger charge is -2.16. The van der Waals surface area contributed by atoms with Crippen LogP contribution in [0.1, 0.15) is 5.56 Å². The Balaban J connectivity index is 1.44. The number of nitrogens with one attached hydrogen (secondary N) is 1. The molecule has 0 spiro atoms. The molecule has 194 valence electrons. The second-order valence-corrected chi connectivity index (χ2v) is 10.6. The summed E-state index contributed by atoms with van der Waals surface area (Å²) in [4.78, 5) is 0. The smallest absolute Gasteiger partial charge is 0.0619 e. The Labute approximate surface area is 239 Å². The van der Waals surface area contributed by atoms with Crippen molar-refractivity contribution < 1.29 is 0 Å². The van der Waals surface area contributed by atoms with Crippen LogP contribution < -0.4 is 5.32 Å². The van der Waals surface area contributed by atoms with Gasteiger partial charge >= 0.3 is 0 Å². The van der Waals surface area contributed by atoms with Gasteiger partial charge in [-0.2, -0.15) is 0 Å². The van der Waals surface area contributed by atoms with Gasteiger partial charge in [0.2, 0.25) is 0 Å². The predicted molar refractivity (Wildman–Crippen MR) is 174 cm³/mol. The van der Waals surface area contributed by atoms with Crippen LogP contribution in [0.15, 0.2) is 152 Å². The SMILES string of the molecule is C1=CCNC(c2ccc3c(ccc4c5ccccc5n(-c5cc(-c6ccccc6)cc(-c6ccccc6)c5)c34)c2)=C1. The third kappa shape index (κ3) is 4.04. The maximum absolute atomic E-state index is 3.51. The van der Waals surface area contributed by atoms with E-state index in [1.54, 1.807) is 0 Å². The lowest BCUT2D eigenvalue weighted by molar-refractivity contribution is 0.996. The fourth-order valence-corrected chi connectivity index (χ4v) is 6.22. The normalized spacial score (nSPS) is 13.0. The maximum atomic E-state index is 3.51. The molecule has 2 nitrogen and oxygen atoms in total. The highest BCUT2D eigenvalue weighted by atomic mass is 15.0. The number of nitrogens with zero attached hydrogens (tertiary/aromatic N) is 1. The molecule has 0 bridgehead atoms. The average Bonchev–Trinajstić information content (AvgIpc) is 3.40. The summed E-state index contributed by atoms with van der Waals surface area (Å²) in [5.41, 5.74) is 10.8. The maximum Gasteiger partial charge on any atom is 0.0619 e. The van der Waals surface area contributed by atoms with Gasteiger partial charge in [-0.3, -0.25) is 0 Å². The van der Waals surface area contributed by atoms with Gasteiger partial charge in [0.1, 0.15) is 0 Å². The van der Waals surface area contributed by atoms with Gasteiger partial charge in [-0.05, 0) is 69.6 Å². The molecule has 0 amide bonds. The van der Waals surface area contributed by atoms with Gasteiger partial charge in [-0.25, -0.2) is 0 Å². The van der Waals surface area contributed by atoms with Gasteiger partial charge in [-0.1, -0.05) is 115 Å². The molecule has 1 aliphatic heterocycles. The molecule has 0 aliphatic carbocycles. The molecule has 0 atom stereocenters. The molecule has 0 radical (unpaired) electrons. The fourth-order valence-electron chi connectivity index (χ4n) is 6.22. The first-order chi connectivity index (χ1) is 20.3. The summed E-state index contributed by atoms with van der Waals surface area (Å²) in [6, 6.07) is 48.6. The van der Waals surface area contributed by atoms with E-state index in [0.717, 1.165) is 17.9 Å². The highest BCUT2D eigenvalue weighted by Crippen LogP contribution is 2.39. The molecule has 0 saturated carbocycles. The van der Waals surface area contributed by atoms with Crippen LogP contribution in [0.25, 0.3) is 66.2 Å². The van der Waals surface area contributed by atoms with Crippen molar-refractivity contribution in [2.24, 2.45) is 0 Å². The van der Waals surface area contributed by atoms with Crippen molar-refractivity contribution in [3.63, 3.8) is 0 Å². The number of rotatable bonds is 4. The molecule has 1 aromatic heterocycles. The van der Waals surface area contributed by atoms with E-state index in [2.05, 4.69) is 162 Å². The average molecular weight is 525 g/mol. The minimum atomic E-state index is 0.860. The van der Waals surface area contributed by atoms with E-state index in [9.17, 15) is 0 Å². The molecule has 41 heavy (non-hydrogen) atoms. The number of aromatic nitrogens is 1. The van der Waals surface area contributed by atoms with Crippen LogP contribution >= 0.6 is 0 Å². The summed E-state index contributed by atoms with van der Waals surface area (Å²) in [5.74, 6) is 0. The molecule has 2 heterocycles. The van der Waals surface area contributed by atoms with Gasteiger partial charge in [0, 0.05) is 34.1 Å². The van der Waals surface area contributed by atoms with Crippen molar-refractivity contribution in [3.05, 3.63) is 157 Å². The van der Waals surface area contributed by atoms with Gasteiger partial charge in [-0.15, -0.1) is 0 Å². The van der Waals surface area contributed by atoms with Crippen molar-refractivity contribution >= 4 is 38.3 Å². The third-order valence-corrected chi connectivity index (χ3v) is 8.16. The number of benzene rings is 6. The Kier molecular flexibility index (Phi) is 5.56. The van der Waals surface area contributed by atoms with Crippen LogP contribution in [-0.2, 0) is 0 Å². The zero-order valence-electron chi connectivity index (χ0n) is 22.6. The van der Waals surface area contributed by atoms with Crippen molar-refractivity contribution in [2.75, 3.05) is 6.54 Å². The molecular weight excluding hydrogens is 496 g/mol.